The van der Waals surface area contributed by atoms with Gasteiger partial charge in [-0.05, 0) is 42.9 Å². The first-order valence-corrected chi connectivity index (χ1v) is 7.68. The summed E-state index contributed by atoms with van der Waals surface area (Å²) >= 11 is 0. The number of nitrogens with zero attached hydrogens (tertiary/aromatic N) is 1. The fourth-order valence-electron chi connectivity index (χ4n) is 2.79. The first kappa shape index (κ1) is 11.6. The molecule has 4 nitrogen and oxygen atoms in total. The molecule has 1 heterocycles. The van der Waals surface area contributed by atoms with E-state index in [9.17, 15) is 13.2 Å². The fourth-order valence-corrected chi connectivity index (χ4v) is 4.33. The predicted molar refractivity (Wildman–Crippen MR) is 65.8 cm³/mol. The van der Waals surface area contributed by atoms with Crippen molar-refractivity contribution in [3.05, 3.63) is 29.3 Å². The molecule has 94 valence electrons. The Balaban J connectivity index is 2.09. The van der Waals surface area contributed by atoms with Crippen molar-refractivity contribution in [3.63, 3.8) is 0 Å². The van der Waals surface area contributed by atoms with Gasteiger partial charge in [0.15, 0.2) is 9.84 Å². The summed E-state index contributed by atoms with van der Waals surface area (Å²) in [4.78, 5) is 14.9. The van der Waals surface area contributed by atoms with Gasteiger partial charge in [0, 0.05) is 0 Å². The third-order valence-corrected chi connectivity index (χ3v) is 5.82. The fraction of sp³-hybridized carbons (Fsp3) is 0.462. The van der Waals surface area contributed by atoms with Crippen LogP contribution in [0.15, 0.2) is 28.1 Å². The molecule has 18 heavy (non-hydrogen) atoms. The summed E-state index contributed by atoms with van der Waals surface area (Å²) in [6.07, 6.45) is 4.94. The number of hydrogen-bond acceptors (Lipinski definition) is 4. The van der Waals surface area contributed by atoms with Gasteiger partial charge < -0.3 is 0 Å². The number of benzene rings is 1. The molecule has 0 saturated heterocycles. The summed E-state index contributed by atoms with van der Waals surface area (Å²) in [6.45, 7) is 0. The lowest BCUT2D eigenvalue weighted by Gasteiger charge is -2.37. The molecule has 0 amide bonds. The second-order valence-electron chi connectivity index (χ2n) is 4.98. The molecule has 1 aromatic rings. The molecule has 0 bridgehead atoms. The second-order valence-corrected chi connectivity index (χ2v) is 7.06. The molecule has 1 aliphatic heterocycles. The Bertz CT molecular complexity index is 653. The number of sulfone groups is 1. The number of rotatable bonds is 2. The standard InChI is InChI=1S/C13H13NO3S/c15-9-14-13(5-1-6-13)11-2-3-12-10(8-11)4-7-18(12,16)17/h2-3,8H,1,4-7H2. The molecular formula is C13H13NO3S. The topological polar surface area (TPSA) is 63.6 Å². The number of aliphatic imine (C=N–C) groups is 1. The second kappa shape index (κ2) is 3.77. The quantitative estimate of drug-likeness (QED) is 0.603. The monoisotopic (exact) mass is 263 g/mol. The van der Waals surface area contributed by atoms with Crippen LogP contribution in [0.5, 0.6) is 0 Å². The number of aryl methyl sites for hydroxylation is 1. The number of isocyanates is 1. The summed E-state index contributed by atoms with van der Waals surface area (Å²) < 4.78 is 23.5. The molecule has 1 fully saturated rings. The molecule has 1 saturated carbocycles. The molecule has 0 atom stereocenters. The lowest BCUT2D eigenvalue weighted by Crippen LogP contribution is -2.31. The number of carbonyl (C=O) groups excluding carboxylic acids is 1. The first-order valence-electron chi connectivity index (χ1n) is 6.03. The number of hydrogen-bond donors (Lipinski definition) is 0. The Morgan fingerprint density at radius 3 is 2.67 bits per heavy atom. The van der Waals surface area contributed by atoms with Crippen LogP contribution in [-0.4, -0.2) is 20.3 Å². The van der Waals surface area contributed by atoms with Crippen molar-refractivity contribution >= 4 is 15.9 Å². The van der Waals surface area contributed by atoms with Crippen molar-refractivity contribution in [3.8, 4) is 0 Å². The zero-order valence-corrected chi connectivity index (χ0v) is 10.7. The van der Waals surface area contributed by atoms with E-state index in [2.05, 4.69) is 4.99 Å². The summed E-state index contributed by atoms with van der Waals surface area (Å²) in [5, 5.41) is 0. The van der Waals surface area contributed by atoms with Crippen LogP contribution in [0.3, 0.4) is 0 Å². The molecule has 0 N–H and O–H groups in total. The molecule has 5 heteroatoms. The molecule has 0 spiro atoms. The molecule has 0 unspecified atom stereocenters. The third kappa shape index (κ3) is 1.55. The van der Waals surface area contributed by atoms with Gasteiger partial charge >= 0.3 is 0 Å². The van der Waals surface area contributed by atoms with Gasteiger partial charge in [0.05, 0.1) is 16.2 Å². The van der Waals surface area contributed by atoms with E-state index in [0.717, 1.165) is 30.4 Å². The third-order valence-electron chi connectivity index (χ3n) is 4.01. The normalized spacial score (nSPS) is 22.7. The van der Waals surface area contributed by atoms with Crippen LogP contribution in [0, 0.1) is 0 Å². The molecule has 0 aromatic heterocycles. The summed E-state index contributed by atoms with van der Waals surface area (Å²) in [6, 6.07) is 5.36. The molecule has 0 radical (unpaired) electrons. The van der Waals surface area contributed by atoms with Crippen LogP contribution >= 0.6 is 0 Å². The highest BCUT2D eigenvalue weighted by molar-refractivity contribution is 7.91. The summed E-state index contributed by atoms with van der Waals surface area (Å²) in [5.41, 5.74) is 1.37. The molecule has 2 aliphatic rings. The van der Waals surface area contributed by atoms with Crippen LogP contribution in [-0.2, 0) is 26.6 Å². The Hall–Kier alpha value is -1.45. The van der Waals surface area contributed by atoms with Gasteiger partial charge in [-0.3, -0.25) is 0 Å². The predicted octanol–water partition coefficient (Wildman–Crippen LogP) is 1.73. The highest BCUT2D eigenvalue weighted by atomic mass is 32.2. The lowest BCUT2D eigenvalue weighted by atomic mass is 9.72. The average Bonchev–Trinajstić information content (AvgIpc) is 2.60. The zero-order valence-electron chi connectivity index (χ0n) is 9.85. The Kier molecular flexibility index (Phi) is 2.44. The van der Waals surface area contributed by atoms with Crippen molar-refractivity contribution < 1.29 is 13.2 Å². The Labute approximate surface area is 106 Å². The van der Waals surface area contributed by atoms with Crippen LogP contribution in [0.25, 0.3) is 0 Å². The largest absolute Gasteiger partial charge is 0.235 e. The van der Waals surface area contributed by atoms with Crippen LogP contribution in [0.1, 0.15) is 30.4 Å². The van der Waals surface area contributed by atoms with Gasteiger partial charge in [0.1, 0.15) is 0 Å². The Morgan fingerprint density at radius 1 is 1.28 bits per heavy atom. The first-order chi connectivity index (χ1) is 8.57. The van der Waals surface area contributed by atoms with E-state index in [0.29, 0.717) is 11.3 Å². The van der Waals surface area contributed by atoms with Gasteiger partial charge in [0.2, 0.25) is 6.08 Å². The summed E-state index contributed by atoms with van der Waals surface area (Å²) in [5.74, 6) is 0.190. The van der Waals surface area contributed by atoms with E-state index in [1.165, 1.54) is 0 Å². The number of fused-ring (bicyclic) bond motifs is 1. The van der Waals surface area contributed by atoms with E-state index >= 15 is 0 Å². The minimum atomic E-state index is -3.08. The van der Waals surface area contributed by atoms with Gasteiger partial charge in [-0.25, -0.2) is 13.2 Å². The van der Waals surface area contributed by atoms with E-state index in [4.69, 9.17) is 0 Å². The zero-order chi connectivity index (χ0) is 12.8. The Morgan fingerprint density at radius 2 is 2.06 bits per heavy atom. The van der Waals surface area contributed by atoms with Crippen molar-refractivity contribution in [1.82, 2.24) is 0 Å². The minimum absolute atomic E-state index is 0.190. The average molecular weight is 263 g/mol. The summed E-state index contributed by atoms with van der Waals surface area (Å²) in [7, 11) is -3.08. The minimum Gasteiger partial charge on any atom is -0.224 e. The van der Waals surface area contributed by atoms with E-state index < -0.39 is 15.4 Å². The van der Waals surface area contributed by atoms with E-state index in [1.807, 2.05) is 6.07 Å². The van der Waals surface area contributed by atoms with Crippen molar-refractivity contribution in [1.29, 1.82) is 0 Å². The van der Waals surface area contributed by atoms with E-state index in [1.54, 1.807) is 18.2 Å². The lowest BCUT2D eigenvalue weighted by molar-refractivity contribution is 0.255. The van der Waals surface area contributed by atoms with Crippen LogP contribution in [0.2, 0.25) is 0 Å². The van der Waals surface area contributed by atoms with E-state index in [-0.39, 0.29) is 5.75 Å². The molecular weight excluding hydrogens is 250 g/mol. The van der Waals surface area contributed by atoms with Gasteiger partial charge in [-0.1, -0.05) is 12.1 Å². The van der Waals surface area contributed by atoms with Gasteiger partial charge in [-0.2, -0.15) is 4.99 Å². The smallest absolute Gasteiger partial charge is 0.224 e. The van der Waals surface area contributed by atoms with Gasteiger partial charge in [-0.15, -0.1) is 0 Å². The maximum Gasteiger partial charge on any atom is 0.235 e. The molecule has 3 rings (SSSR count). The highest BCUT2D eigenvalue weighted by Gasteiger charge is 2.40. The maximum absolute atomic E-state index is 11.7. The molecule has 1 aromatic carbocycles. The van der Waals surface area contributed by atoms with Crippen LogP contribution < -0.4 is 0 Å². The van der Waals surface area contributed by atoms with Crippen LogP contribution in [0.4, 0.5) is 0 Å². The highest BCUT2D eigenvalue weighted by Crippen LogP contribution is 2.45. The van der Waals surface area contributed by atoms with Crippen molar-refractivity contribution in [2.24, 2.45) is 4.99 Å². The van der Waals surface area contributed by atoms with Crippen molar-refractivity contribution in [2.45, 2.75) is 36.1 Å². The molecule has 1 aliphatic carbocycles. The van der Waals surface area contributed by atoms with Crippen molar-refractivity contribution in [2.75, 3.05) is 5.75 Å². The SMILES string of the molecule is O=C=NC1(c2ccc3c(c2)CCS3(=O)=O)CCC1. The maximum atomic E-state index is 11.7. The van der Waals surface area contributed by atoms with Gasteiger partial charge in [0.25, 0.3) is 0 Å².